The zero-order chi connectivity index (χ0) is 24.9. The van der Waals surface area contributed by atoms with E-state index in [9.17, 15) is 4.79 Å². The summed E-state index contributed by atoms with van der Waals surface area (Å²) >= 11 is 0. The van der Waals surface area contributed by atoms with E-state index in [-0.39, 0.29) is 17.9 Å². The largest absolute Gasteiger partial charge is 0.497 e. The number of methoxy groups -OCH3 is 1. The van der Waals surface area contributed by atoms with Gasteiger partial charge in [-0.2, -0.15) is 0 Å². The second-order valence-corrected chi connectivity index (χ2v) is 9.19. The van der Waals surface area contributed by atoms with Gasteiger partial charge in [0.25, 0.3) is 0 Å². The minimum atomic E-state index is -0.135. The SMILES string of the molecule is CC.CCCN(CC)C(=O)C1C=C2c3cccc4[nH]cc(c34)CC2N(Cc2cccc(OC)c2)C1. The minimum absolute atomic E-state index is 0.135. The molecular weight excluding hydrogens is 434 g/mol. The Morgan fingerprint density at radius 3 is 2.71 bits per heavy atom. The highest BCUT2D eigenvalue weighted by Gasteiger charge is 2.38. The zero-order valence-corrected chi connectivity index (χ0v) is 21.8. The molecule has 5 rings (SSSR count). The number of aromatic amines is 1. The lowest BCUT2D eigenvalue weighted by Crippen LogP contribution is -2.49. The summed E-state index contributed by atoms with van der Waals surface area (Å²) in [5.74, 6) is 0.978. The zero-order valence-electron chi connectivity index (χ0n) is 21.8. The van der Waals surface area contributed by atoms with Crippen molar-refractivity contribution >= 4 is 22.4 Å². The van der Waals surface area contributed by atoms with Gasteiger partial charge in [0.1, 0.15) is 5.75 Å². The van der Waals surface area contributed by atoms with E-state index in [0.717, 1.165) is 44.8 Å². The van der Waals surface area contributed by atoms with Gasteiger partial charge in [-0.25, -0.2) is 0 Å². The van der Waals surface area contributed by atoms with Gasteiger partial charge in [-0.3, -0.25) is 9.69 Å². The maximum atomic E-state index is 13.6. The van der Waals surface area contributed by atoms with Crippen LogP contribution in [-0.2, 0) is 17.8 Å². The molecule has 1 amide bonds. The molecule has 0 saturated heterocycles. The number of benzene rings is 2. The summed E-state index contributed by atoms with van der Waals surface area (Å²) in [6.07, 6.45) is 6.37. The first-order valence-electron chi connectivity index (χ1n) is 13.1. The molecule has 0 fully saturated rings. The lowest BCUT2D eigenvalue weighted by molar-refractivity contribution is -0.134. The average molecular weight is 474 g/mol. The van der Waals surface area contributed by atoms with Crippen molar-refractivity contribution in [2.24, 2.45) is 5.92 Å². The number of nitrogens with zero attached hydrogens (tertiary/aromatic N) is 2. The molecule has 2 aromatic carbocycles. The van der Waals surface area contributed by atoms with Gasteiger partial charge < -0.3 is 14.6 Å². The Morgan fingerprint density at radius 1 is 1.17 bits per heavy atom. The molecule has 0 saturated carbocycles. The van der Waals surface area contributed by atoms with E-state index < -0.39 is 0 Å². The number of nitrogens with one attached hydrogen (secondary N) is 1. The van der Waals surface area contributed by atoms with Gasteiger partial charge in [-0.1, -0.05) is 51.1 Å². The van der Waals surface area contributed by atoms with Crippen LogP contribution in [-0.4, -0.2) is 53.5 Å². The number of aromatic nitrogens is 1. The molecule has 1 aliphatic carbocycles. The predicted molar refractivity (Wildman–Crippen MR) is 145 cm³/mol. The van der Waals surface area contributed by atoms with E-state index in [4.69, 9.17) is 4.74 Å². The van der Waals surface area contributed by atoms with Gasteiger partial charge in [-0.15, -0.1) is 0 Å². The predicted octanol–water partition coefficient (Wildman–Crippen LogP) is 5.90. The van der Waals surface area contributed by atoms with Gasteiger partial charge in [0.05, 0.1) is 13.0 Å². The van der Waals surface area contributed by atoms with Gasteiger partial charge in [0.15, 0.2) is 0 Å². The van der Waals surface area contributed by atoms with E-state index in [2.05, 4.69) is 66.3 Å². The standard InChI is InChI=1S/C28H33N3O2.C2H6/c1-4-12-30(5-2)28(32)21-14-24-23-10-7-11-25-27(23)20(16-29-25)15-26(24)31(18-21)17-19-8-6-9-22(13-19)33-3;1-2/h6-11,13-14,16,21,26,29H,4-5,12,15,17-18H2,1-3H3;1-2H3. The maximum absolute atomic E-state index is 13.6. The van der Waals surface area contributed by atoms with Crippen molar-refractivity contribution in [2.45, 2.75) is 53.1 Å². The normalized spacial score (nSPS) is 18.8. The molecule has 1 N–H and O–H groups in total. The second-order valence-electron chi connectivity index (χ2n) is 9.19. The summed E-state index contributed by atoms with van der Waals surface area (Å²) < 4.78 is 5.46. The van der Waals surface area contributed by atoms with Gasteiger partial charge >= 0.3 is 0 Å². The van der Waals surface area contributed by atoms with E-state index in [0.29, 0.717) is 0 Å². The quantitative estimate of drug-likeness (QED) is 0.465. The van der Waals surface area contributed by atoms with Gasteiger partial charge in [-0.05, 0) is 60.2 Å². The molecule has 0 bridgehead atoms. The first-order chi connectivity index (χ1) is 17.1. The van der Waals surface area contributed by atoms with Gasteiger partial charge in [0.2, 0.25) is 5.91 Å². The molecule has 0 radical (unpaired) electrons. The highest BCUT2D eigenvalue weighted by atomic mass is 16.5. The molecule has 1 aromatic heterocycles. The first-order valence-corrected chi connectivity index (χ1v) is 13.1. The van der Waals surface area contributed by atoms with Crippen molar-refractivity contribution in [1.29, 1.82) is 0 Å². The number of carbonyl (C=O) groups excluding carboxylic acids is 1. The Morgan fingerprint density at radius 2 is 1.97 bits per heavy atom. The Labute approximate surface area is 209 Å². The Balaban J connectivity index is 0.00000141. The van der Waals surface area contributed by atoms with E-state index >= 15 is 0 Å². The minimum Gasteiger partial charge on any atom is -0.497 e. The fourth-order valence-electron chi connectivity index (χ4n) is 5.59. The van der Waals surface area contributed by atoms with Crippen LogP contribution in [0.1, 0.15) is 50.8 Å². The van der Waals surface area contributed by atoms with Crippen molar-refractivity contribution < 1.29 is 9.53 Å². The van der Waals surface area contributed by atoms with Crippen LogP contribution >= 0.6 is 0 Å². The molecule has 2 atom stereocenters. The van der Waals surface area contributed by atoms with Crippen LogP contribution in [0.3, 0.4) is 0 Å². The molecular formula is C30H39N3O2. The number of fused-ring (bicyclic) bond motifs is 2. The van der Waals surface area contributed by atoms with Crippen molar-refractivity contribution in [2.75, 3.05) is 26.7 Å². The van der Waals surface area contributed by atoms with Crippen molar-refractivity contribution in [3.8, 4) is 5.75 Å². The third-order valence-corrected chi connectivity index (χ3v) is 7.15. The molecule has 0 spiro atoms. The lowest BCUT2D eigenvalue weighted by Gasteiger charge is -2.42. The van der Waals surface area contributed by atoms with Crippen molar-refractivity contribution in [3.05, 3.63) is 71.4 Å². The van der Waals surface area contributed by atoms with Crippen LogP contribution in [0, 0.1) is 5.92 Å². The monoisotopic (exact) mass is 473 g/mol. The van der Waals surface area contributed by atoms with E-state index in [1.54, 1.807) is 7.11 Å². The third kappa shape index (κ3) is 4.87. The molecule has 2 unspecified atom stereocenters. The number of H-pyrrole nitrogens is 1. The highest BCUT2D eigenvalue weighted by molar-refractivity contribution is 5.99. The number of hydrogen-bond donors (Lipinski definition) is 1. The average Bonchev–Trinajstić information content (AvgIpc) is 3.32. The lowest BCUT2D eigenvalue weighted by atomic mass is 9.79. The van der Waals surface area contributed by atoms with Crippen molar-refractivity contribution in [3.63, 3.8) is 0 Å². The first kappa shape index (κ1) is 25.1. The molecule has 5 nitrogen and oxygen atoms in total. The summed E-state index contributed by atoms with van der Waals surface area (Å²) in [6, 6.07) is 15.0. The van der Waals surface area contributed by atoms with E-state index in [1.165, 1.54) is 33.2 Å². The van der Waals surface area contributed by atoms with Crippen LogP contribution in [0.2, 0.25) is 0 Å². The smallest absolute Gasteiger partial charge is 0.230 e. The van der Waals surface area contributed by atoms with Crippen LogP contribution < -0.4 is 4.74 Å². The van der Waals surface area contributed by atoms with Crippen LogP contribution in [0.15, 0.2) is 54.7 Å². The molecule has 2 aliphatic rings. The van der Waals surface area contributed by atoms with Crippen LogP contribution in [0.25, 0.3) is 16.5 Å². The summed E-state index contributed by atoms with van der Waals surface area (Å²) in [6.45, 7) is 11.3. The number of rotatable bonds is 7. The summed E-state index contributed by atoms with van der Waals surface area (Å²) in [5, 5.41) is 1.32. The summed E-state index contributed by atoms with van der Waals surface area (Å²) in [5.41, 5.74) is 6.32. The molecule has 1 aliphatic heterocycles. The molecule has 35 heavy (non-hydrogen) atoms. The number of hydrogen-bond acceptors (Lipinski definition) is 3. The van der Waals surface area contributed by atoms with Crippen LogP contribution in [0.4, 0.5) is 0 Å². The third-order valence-electron chi connectivity index (χ3n) is 7.15. The second kappa shape index (κ2) is 11.1. The Kier molecular flexibility index (Phi) is 7.97. The summed E-state index contributed by atoms with van der Waals surface area (Å²) in [7, 11) is 1.71. The summed E-state index contributed by atoms with van der Waals surface area (Å²) in [4.78, 5) is 21.5. The van der Waals surface area contributed by atoms with Gasteiger partial charge in [0, 0.05) is 49.3 Å². The Bertz CT molecular complexity index is 1200. The topological polar surface area (TPSA) is 48.6 Å². The Hall–Kier alpha value is -3.05. The number of ether oxygens (including phenoxy) is 1. The van der Waals surface area contributed by atoms with Crippen molar-refractivity contribution in [1.82, 2.24) is 14.8 Å². The molecule has 186 valence electrons. The molecule has 5 heteroatoms. The molecule has 2 heterocycles. The highest BCUT2D eigenvalue weighted by Crippen LogP contribution is 2.42. The fraction of sp³-hybridized carbons (Fsp3) is 0.433. The number of carbonyl (C=O) groups is 1. The fourth-order valence-corrected chi connectivity index (χ4v) is 5.59. The maximum Gasteiger partial charge on any atom is 0.230 e. The van der Waals surface area contributed by atoms with Crippen LogP contribution in [0.5, 0.6) is 5.75 Å². The molecule has 3 aromatic rings. The van der Waals surface area contributed by atoms with E-state index in [1.807, 2.05) is 30.9 Å². The number of amides is 1.